The highest BCUT2D eigenvalue weighted by Gasteiger charge is 2.27. The van der Waals surface area contributed by atoms with Crippen LogP contribution in [0, 0.1) is 11.6 Å². The van der Waals surface area contributed by atoms with Crippen molar-refractivity contribution in [2.45, 2.75) is 18.9 Å². The van der Waals surface area contributed by atoms with E-state index in [1.165, 1.54) is 12.1 Å². The van der Waals surface area contributed by atoms with Gasteiger partial charge in [-0.1, -0.05) is 0 Å². The van der Waals surface area contributed by atoms with E-state index >= 15 is 0 Å². The van der Waals surface area contributed by atoms with Gasteiger partial charge in [-0.15, -0.1) is 0 Å². The minimum atomic E-state index is -0.593. The third-order valence-electron chi connectivity index (χ3n) is 2.93. The van der Waals surface area contributed by atoms with Gasteiger partial charge < -0.3 is 10.6 Å². The van der Waals surface area contributed by atoms with Crippen molar-refractivity contribution < 1.29 is 13.6 Å². The summed E-state index contributed by atoms with van der Waals surface area (Å²) in [7, 11) is 0. The molecule has 1 heterocycles. The Bertz CT molecular complexity index is 416. The van der Waals surface area contributed by atoms with Crippen LogP contribution in [0.2, 0.25) is 0 Å². The Hall–Kier alpha value is -1.49. The van der Waals surface area contributed by atoms with Crippen LogP contribution >= 0.6 is 0 Å². The summed E-state index contributed by atoms with van der Waals surface area (Å²) >= 11 is 0. The summed E-state index contributed by atoms with van der Waals surface area (Å²) in [6.45, 7) is 1.08. The number of likely N-dealkylation sites (tertiary alicyclic amines) is 1. The first-order valence-corrected chi connectivity index (χ1v) is 5.55. The van der Waals surface area contributed by atoms with E-state index in [1.54, 1.807) is 4.90 Å². The Morgan fingerprint density at radius 3 is 2.47 bits per heavy atom. The van der Waals surface area contributed by atoms with Crippen LogP contribution in [0.4, 0.5) is 8.78 Å². The van der Waals surface area contributed by atoms with Crippen LogP contribution in [0.3, 0.4) is 0 Å². The van der Waals surface area contributed by atoms with Crippen LogP contribution in [-0.4, -0.2) is 29.9 Å². The van der Waals surface area contributed by atoms with E-state index in [4.69, 9.17) is 5.73 Å². The van der Waals surface area contributed by atoms with Crippen molar-refractivity contribution >= 4 is 5.91 Å². The Morgan fingerprint density at radius 1 is 1.29 bits per heavy atom. The fourth-order valence-electron chi connectivity index (χ4n) is 2.00. The predicted molar refractivity (Wildman–Crippen MR) is 59.2 cm³/mol. The van der Waals surface area contributed by atoms with Gasteiger partial charge in [-0.2, -0.15) is 0 Å². The molecule has 0 spiro atoms. The molecule has 92 valence electrons. The number of amides is 1. The Balaban J connectivity index is 1.96. The highest BCUT2D eigenvalue weighted by Crippen LogP contribution is 2.12. The van der Waals surface area contributed by atoms with Crippen LogP contribution < -0.4 is 5.73 Å². The number of benzene rings is 1. The van der Waals surface area contributed by atoms with E-state index in [0.29, 0.717) is 31.5 Å². The Kier molecular flexibility index (Phi) is 3.38. The number of hydrogen-bond acceptors (Lipinski definition) is 2. The molecule has 1 saturated heterocycles. The van der Waals surface area contributed by atoms with Crippen molar-refractivity contribution in [3.8, 4) is 0 Å². The number of carbonyl (C=O) groups is 1. The molecule has 1 aromatic rings. The molecule has 3 nitrogen and oxygen atoms in total. The van der Waals surface area contributed by atoms with Crippen LogP contribution in [0.15, 0.2) is 18.2 Å². The molecule has 1 amide bonds. The molecule has 2 rings (SSSR count). The lowest BCUT2D eigenvalue weighted by Crippen LogP contribution is -2.35. The summed E-state index contributed by atoms with van der Waals surface area (Å²) in [6, 6.07) is 2.98. The van der Waals surface area contributed by atoms with E-state index in [-0.39, 0.29) is 5.91 Å². The van der Waals surface area contributed by atoms with Crippen molar-refractivity contribution in [3.63, 3.8) is 0 Å². The molecular formula is C12H14F2N2O. The maximum absolute atomic E-state index is 12.9. The highest BCUT2D eigenvalue weighted by atomic mass is 19.1. The summed E-state index contributed by atoms with van der Waals surface area (Å²) in [4.78, 5) is 13.1. The number of nitrogens with two attached hydrogens (primary N) is 1. The second-order valence-electron chi connectivity index (χ2n) is 4.25. The van der Waals surface area contributed by atoms with Gasteiger partial charge in [0.05, 0.1) is 6.04 Å². The van der Waals surface area contributed by atoms with Crippen molar-refractivity contribution in [3.05, 3.63) is 35.4 Å². The molecule has 1 atom stereocenters. The zero-order valence-electron chi connectivity index (χ0n) is 9.33. The lowest BCUT2D eigenvalue weighted by Gasteiger charge is -2.15. The molecule has 1 aliphatic rings. The Morgan fingerprint density at radius 2 is 1.94 bits per heavy atom. The average Bonchev–Trinajstić information content (AvgIpc) is 2.56. The van der Waals surface area contributed by atoms with E-state index in [9.17, 15) is 13.6 Å². The molecule has 0 radical (unpaired) electrons. The average molecular weight is 240 g/mol. The zero-order chi connectivity index (χ0) is 12.4. The summed E-state index contributed by atoms with van der Waals surface area (Å²) < 4.78 is 25.9. The lowest BCUT2D eigenvalue weighted by atomic mass is 10.1. The smallest absolute Gasteiger partial charge is 0.239 e. The molecule has 5 heteroatoms. The monoisotopic (exact) mass is 240 g/mol. The molecule has 0 aromatic heterocycles. The molecule has 2 N–H and O–H groups in total. The van der Waals surface area contributed by atoms with E-state index < -0.39 is 17.7 Å². The number of rotatable bonds is 3. The van der Waals surface area contributed by atoms with Gasteiger partial charge in [0.2, 0.25) is 5.91 Å². The molecular weight excluding hydrogens is 226 g/mol. The van der Waals surface area contributed by atoms with Gasteiger partial charge in [0.25, 0.3) is 0 Å². The topological polar surface area (TPSA) is 46.3 Å². The van der Waals surface area contributed by atoms with Gasteiger partial charge in [0, 0.05) is 19.2 Å². The van der Waals surface area contributed by atoms with Gasteiger partial charge in [0.15, 0.2) is 0 Å². The predicted octanol–water partition coefficient (Wildman–Crippen LogP) is 1.07. The van der Waals surface area contributed by atoms with Gasteiger partial charge in [-0.25, -0.2) is 8.78 Å². The Labute approximate surface area is 98.2 Å². The highest BCUT2D eigenvalue weighted by molar-refractivity contribution is 5.83. The van der Waals surface area contributed by atoms with Crippen molar-refractivity contribution in [1.82, 2.24) is 4.90 Å². The maximum atomic E-state index is 12.9. The summed E-state index contributed by atoms with van der Waals surface area (Å²) in [5.41, 5.74) is 6.13. The first-order chi connectivity index (χ1) is 8.06. The van der Waals surface area contributed by atoms with Gasteiger partial charge >= 0.3 is 0 Å². The summed E-state index contributed by atoms with van der Waals surface area (Å²) in [6.07, 6.45) is 1.09. The minimum Gasteiger partial charge on any atom is -0.341 e. The van der Waals surface area contributed by atoms with E-state index in [1.807, 2.05) is 0 Å². The second-order valence-corrected chi connectivity index (χ2v) is 4.25. The molecule has 0 aliphatic carbocycles. The number of hydrogen-bond donors (Lipinski definition) is 1. The van der Waals surface area contributed by atoms with Crippen LogP contribution in [-0.2, 0) is 11.2 Å². The van der Waals surface area contributed by atoms with Crippen molar-refractivity contribution in [1.29, 1.82) is 0 Å². The summed E-state index contributed by atoms with van der Waals surface area (Å²) in [5, 5.41) is 0. The fraction of sp³-hybridized carbons (Fsp3) is 0.417. The van der Waals surface area contributed by atoms with Crippen LogP contribution in [0.1, 0.15) is 12.0 Å². The molecule has 0 bridgehead atoms. The lowest BCUT2D eigenvalue weighted by molar-refractivity contribution is -0.128. The third-order valence-corrected chi connectivity index (χ3v) is 2.93. The molecule has 1 fully saturated rings. The largest absolute Gasteiger partial charge is 0.341 e. The maximum Gasteiger partial charge on any atom is 0.239 e. The fourth-order valence-corrected chi connectivity index (χ4v) is 2.00. The molecule has 1 aromatic carbocycles. The normalized spacial score (nSPS) is 20.1. The van der Waals surface area contributed by atoms with E-state index in [0.717, 1.165) is 6.07 Å². The quantitative estimate of drug-likeness (QED) is 0.859. The molecule has 0 saturated carbocycles. The number of nitrogens with zero attached hydrogens (tertiary/aromatic N) is 1. The second kappa shape index (κ2) is 4.79. The van der Waals surface area contributed by atoms with Gasteiger partial charge in [-0.3, -0.25) is 4.79 Å². The van der Waals surface area contributed by atoms with Crippen molar-refractivity contribution in [2.24, 2.45) is 5.73 Å². The third kappa shape index (κ3) is 2.79. The number of carbonyl (C=O) groups excluding carboxylic acids is 1. The zero-order valence-corrected chi connectivity index (χ0v) is 9.33. The van der Waals surface area contributed by atoms with Crippen molar-refractivity contribution in [2.75, 3.05) is 13.1 Å². The first-order valence-electron chi connectivity index (χ1n) is 5.55. The van der Waals surface area contributed by atoms with Gasteiger partial charge in [0.1, 0.15) is 11.6 Å². The summed E-state index contributed by atoms with van der Waals surface area (Å²) in [5.74, 6) is -1.27. The molecule has 1 aliphatic heterocycles. The van der Waals surface area contributed by atoms with Gasteiger partial charge in [-0.05, 0) is 30.5 Å². The minimum absolute atomic E-state index is 0.0816. The number of halogens is 2. The first kappa shape index (κ1) is 12.0. The van der Waals surface area contributed by atoms with Crippen LogP contribution in [0.25, 0.3) is 0 Å². The van der Waals surface area contributed by atoms with Crippen LogP contribution in [0.5, 0.6) is 0 Å². The SMILES string of the molecule is NC1CCN(CCc2cc(F)cc(F)c2)C1=O. The molecule has 1 unspecified atom stereocenters. The van der Waals surface area contributed by atoms with E-state index in [2.05, 4.69) is 0 Å². The molecule has 17 heavy (non-hydrogen) atoms. The standard InChI is InChI=1S/C12H14F2N2O/c13-9-5-8(6-10(14)7-9)1-3-16-4-2-11(15)12(16)17/h5-7,11H,1-4,15H2.